The molecule has 0 aromatic heterocycles. The Bertz CT molecular complexity index is 447. The molecule has 0 amide bonds. The third kappa shape index (κ3) is 1.97. The highest BCUT2D eigenvalue weighted by Crippen LogP contribution is 2.33. The minimum atomic E-state index is -0.234. The van der Waals surface area contributed by atoms with Crippen LogP contribution in [0.15, 0.2) is 28.4 Å². The first-order chi connectivity index (χ1) is 7.09. The van der Waals surface area contributed by atoms with Crippen LogP contribution in [0.3, 0.4) is 0 Å². The van der Waals surface area contributed by atoms with Crippen LogP contribution in [-0.4, -0.2) is 17.1 Å². The molecule has 1 heterocycles. The SMILES string of the molecule is CN1C(=S)N=NC1c1ccc(Cl)cc1Cl. The van der Waals surface area contributed by atoms with Gasteiger partial charge in [0.05, 0.1) is 0 Å². The second kappa shape index (κ2) is 4.04. The summed E-state index contributed by atoms with van der Waals surface area (Å²) in [5.74, 6) is 0. The summed E-state index contributed by atoms with van der Waals surface area (Å²) in [5, 5.41) is 9.51. The van der Waals surface area contributed by atoms with Crippen LogP contribution in [0.25, 0.3) is 0 Å². The highest BCUT2D eigenvalue weighted by molar-refractivity contribution is 7.80. The molecule has 1 unspecified atom stereocenters. The van der Waals surface area contributed by atoms with Crippen molar-refractivity contribution in [2.75, 3.05) is 7.05 Å². The van der Waals surface area contributed by atoms with Crippen molar-refractivity contribution in [3.8, 4) is 0 Å². The molecule has 1 aliphatic heterocycles. The minimum absolute atomic E-state index is 0.234. The molecule has 1 atom stereocenters. The van der Waals surface area contributed by atoms with Gasteiger partial charge in [0.15, 0.2) is 6.17 Å². The Morgan fingerprint density at radius 3 is 2.67 bits per heavy atom. The number of rotatable bonds is 1. The maximum absolute atomic E-state index is 6.07. The van der Waals surface area contributed by atoms with Gasteiger partial charge in [-0.2, -0.15) is 5.11 Å². The average Bonchev–Trinajstić information content (AvgIpc) is 2.49. The molecule has 2 rings (SSSR count). The van der Waals surface area contributed by atoms with Gasteiger partial charge in [-0.3, -0.25) is 0 Å². The smallest absolute Gasteiger partial charge is 0.217 e. The van der Waals surface area contributed by atoms with Gasteiger partial charge in [-0.25, -0.2) is 0 Å². The van der Waals surface area contributed by atoms with Gasteiger partial charge in [0.2, 0.25) is 5.11 Å². The standard InChI is InChI=1S/C9H7Cl2N3S/c1-14-8(12-13-9(14)15)6-3-2-5(10)4-7(6)11/h2-4,8H,1H3. The highest BCUT2D eigenvalue weighted by atomic mass is 35.5. The van der Waals surface area contributed by atoms with Crippen LogP contribution < -0.4 is 0 Å². The summed E-state index contributed by atoms with van der Waals surface area (Å²) in [6.45, 7) is 0. The molecule has 0 radical (unpaired) electrons. The van der Waals surface area contributed by atoms with Gasteiger partial charge in [0.25, 0.3) is 0 Å². The van der Waals surface area contributed by atoms with Crippen molar-refractivity contribution in [1.82, 2.24) is 4.90 Å². The third-order valence-electron chi connectivity index (χ3n) is 2.16. The monoisotopic (exact) mass is 259 g/mol. The van der Waals surface area contributed by atoms with Crippen LogP contribution in [0.4, 0.5) is 0 Å². The van der Waals surface area contributed by atoms with Crippen molar-refractivity contribution >= 4 is 40.5 Å². The van der Waals surface area contributed by atoms with E-state index in [2.05, 4.69) is 10.2 Å². The molecule has 6 heteroatoms. The van der Waals surface area contributed by atoms with Gasteiger partial charge in [-0.05, 0) is 24.4 Å². The van der Waals surface area contributed by atoms with E-state index in [1.165, 1.54) is 0 Å². The zero-order chi connectivity index (χ0) is 11.0. The number of nitrogens with zero attached hydrogens (tertiary/aromatic N) is 3. The van der Waals surface area contributed by atoms with E-state index in [9.17, 15) is 0 Å². The first-order valence-corrected chi connectivity index (χ1v) is 5.38. The lowest BCUT2D eigenvalue weighted by molar-refractivity contribution is 0.414. The summed E-state index contributed by atoms with van der Waals surface area (Å²) in [6, 6.07) is 5.29. The van der Waals surface area contributed by atoms with E-state index in [1.807, 2.05) is 13.1 Å². The maximum atomic E-state index is 6.07. The fraction of sp³-hybridized carbons (Fsp3) is 0.222. The molecule has 1 aromatic rings. The quantitative estimate of drug-likeness (QED) is 0.720. The molecule has 0 spiro atoms. The molecule has 15 heavy (non-hydrogen) atoms. The molecule has 78 valence electrons. The third-order valence-corrected chi connectivity index (χ3v) is 3.09. The molecular formula is C9H7Cl2N3S. The Labute approximate surface area is 103 Å². The second-order valence-electron chi connectivity index (χ2n) is 3.15. The fourth-order valence-corrected chi connectivity index (χ4v) is 1.99. The zero-order valence-corrected chi connectivity index (χ0v) is 10.1. The predicted molar refractivity (Wildman–Crippen MR) is 64.4 cm³/mol. The van der Waals surface area contributed by atoms with Gasteiger partial charge in [-0.15, -0.1) is 5.11 Å². The molecule has 0 aliphatic carbocycles. The van der Waals surface area contributed by atoms with Crippen LogP contribution in [0, 0.1) is 0 Å². The van der Waals surface area contributed by atoms with Crippen molar-refractivity contribution in [2.24, 2.45) is 10.2 Å². The minimum Gasteiger partial charge on any atom is -0.322 e. The summed E-state index contributed by atoms with van der Waals surface area (Å²) >= 11 is 16.9. The van der Waals surface area contributed by atoms with Gasteiger partial charge >= 0.3 is 0 Å². The predicted octanol–water partition coefficient (Wildman–Crippen LogP) is 3.67. The molecule has 0 fully saturated rings. The lowest BCUT2D eigenvalue weighted by atomic mass is 10.1. The van der Waals surface area contributed by atoms with E-state index in [4.69, 9.17) is 35.4 Å². The van der Waals surface area contributed by atoms with E-state index >= 15 is 0 Å². The van der Waals surface area contributed by atoms with E-state index in [-0.39, 0.29) is 6.17 Å². The number of hydrogen-bond acceptors (Lipinski definition) is 2. The van der Waals surface area contributed by atoms with Crippen LogP contribution in [-0.2, 0) is 0 Å². The topological polar surface area (TPSA) is 28.0 Å². The molecule has 0 saturated carbocycles. The lowest BCUT2D eigenvalue weighted by Crippen LogP contribution is -2.22. The Kier molecular flexibility index (Phi) is 2.91. The van der Waals surface area contributed by atoms with Crippen LogP contribution in [0.1, 0.15) is 11.7 Å². The van der Waals surface area contributed by atoms with Gasteiger partial charge in [0.1, 0.15) is 0 Å². The fourth-order valence-electron chi connectivity index (χ4n) is 1.34. The molecule has 0 N–H and O–H groups in total. The van der Waals surface area contributed by atoms with E-state index in [0.717, 1.165) is 5.56 Å². The molecule has 1 aliphatic rings. The van der Waals surface area contributed by atoms with Crippen molar-refractivity contribution < 1.29 is 0 Å². The molecule has 0 bridgehead atoms. The Morgan fingerprint density at radius 1 is 1.40 bits per heavy atom. The Hall–Kier alpha value is -0.710. The molecule has 1 aromatic carbocycles. The van der Waals surface area contributed by atoms with Gasteiger partial charge in [-0.1, -0.05) is 29.3 Å². The van der Waals surface area contributed by atoms with Gasteiger partial charge in [0, 0.05) is 22.7 Å². The second-order valence-corrected chi connectivity index (χ2v) is 4.36. The number of benzene rings is 1. The normalized spacial score (nSPS) is 20.1. The summed E-state index contributed by atoms with van der Waals surface area (Å²) in [6.07, 6.45) is -0.234. The first kappa shape index (κ1) is 10.8. The zero-order valence-electron chi connectivity index (χ0n) is 7.82. The number of halogens is 2. The average molecular weight is 260 g/mol. The van der Waals surface area contributed by atoms with Gasteiger partial charge < -0.3 is 4.90 Å². The number of azo groups is 1. The Balaban J connectivity index is 2.39. The summed E-state index contributed by atoms with van der Waals surface area (Å²) in [5.41, 5.74) is 0.854. The maximum Gasteiger partial charge on any atom is 0.217 e. The van der Waals surface area contributed by atoms with Crippen LogP contribution >= 0.6 is 35.4 Å². The summed E-state index contributed by atoms with van der Waals surface area (Å²) in [4.78, 5) is 1.78. The number of hydrogen-bond donors (Lipinski definition) is 0. The van der Waals surface area contributed by atoms with Crippen molar-refractivity contribution in [1.29, 1.82) is 0 Å². The first-order valence-electron chi connectivity index (χ1n) is 4.22. The van der Waals surface area contributed by atoms with Crippen LogP contribution in [0.5, 0.6) is 0 Å². The van der Waals surface area contributed by atoms with Crippen molar-refractivity contribution in [3.05, 3.63) is 33.8 Å². The summed E-state index contributed by atoms with van der Waals surface area (Å²) in [7, 11) is 1.83. The van der Waals surface area contributed by atoms with E-state index in [0.29, 0.717) is 15.2 Å². The van der Waals surface area contributed by atoms with Crippen LogP contribution in [0.2, 0.25) is 10.0 Å². The largest absolute Gasteiger partial charge is 0.322 e. The summed E-state index contributed by atoms with van der Waals surface area (Å²) < 4.78 is 0. The molecule has 0 saturated heterocycles. The highest BCUT2D eigenvalue weighted by Gasteiger charge is 2.25. The van der Waals surface area contributed by atoms with E-state index < -0.39 is 0 Å². The van der Waals surface area contributed by atoms with Crippen molar-refractivity contribution in [3.63, 3.8) is 0 Å². The molecular weight excluding hydrogens is 253 g/mol. The lowest BCUT2D eigenvalue weighted by Gasteiger charge is -2.18. The van der Waals surface area contributed by atoms with Crippen molar-refractivity contribution in [2.45, 2.75) is 6.17 Å². The van der Waals surface area contributed by atoms with E-state index in [1.54, 1.807) is 17.0 Å². The number of thiocarbonyl (C=S) groups is 1. The molecule has 3 nitrogen and oxygen atoms in total. The Morgan fingerprint density at radius 2 is 2.13 bits per heavy atom.